The van der Waals surface area contributed by atoms with Crippen LogP contribution in [0.15, 0.2) is 24.8 Å². The fourth-order valence-corrected chi connectivity index (χ4v) is 6.92. The summed E-state index contributed by atoms with van der Waals surface area (Å²) in [6.07, 6.45) is 28.6. The predicted molar refractivity (Wildman–Crippen MR) is 111 cm³/mol. The summed E-state index contributed by atoms with van der Waals surface area (Å²) in [7, 11) is 0. The van der Waals surface area contributed by atoms with Gasteiger partial charge in [-0.15, -0.1) is 6.58 Å². The van der Waals surface area contributed by atoms with Crippen molar-refractivity contribution < 1.29 is 4.39 Å². The molecule has 0 N–H and O–H groups in total. The molecule has 0 spiro atoms. The van der Waals surface area contributed by atoms with Crippen molar-refractivity contribution >= 4 is 0 Å². The minimum atomic E-state index is -0.173. The Balaban J connectivity index is 1.86. The first-order chi connectivity index (χ1) is 12.8. The van der Waals surface area contributed by atoms with Crippen LogP contribution in [0.3, 0.4) is 0 Å². The molecule has 0 bridgehead atoms. The summed E-state index contributed by atoms with van der Waals surface area (Å²) in [6.45, 7) is 3.89. The Kier molecular flexibility index (Phi) is 7.41. The molecule has 0 amide bonds. The van der Waals surface area contributed by atoms with Gasteiger partial charge < -0.3 is 0 Å². The molecule has 26 heavy (non-hydrogen) atoms. The lowest BCUT2D eigenvalue weighted by molar-refractivity contribution is -0.0633. The van der Waals surface area contributed by atoms with E-state index in [2.05, 4.69) is 24.8 Å². The second kappa shape index (κ2) is 9.56. The summed E-state index contributed by atoms with van der Waals surface area (Å²) in [5.41, 5.74) is 0.942. The van der Waals surface area contributed by atoms with E-state index in [0.29, 0.717) is 17.3 Å². The fraction of sp³-hybridized carbons (Fsp3) is 0.840. The molecule has 1 heteroatoms. The van der Waals surface area contributed by atoms with Crippen molar-refractivity contribution in [3.8, 4) is 0 Å². The van der Waals surface area contributed by atoms with Gasteiger partial charge in [0.25, 0.3) is 0 Å². The number of hydrogen-bond acceptors (Lipinski definition) is 0. The standard InChI is InChI=1S/C25H41F/c1-2-22-12-14-23(15-13-22)25(19-9-4-10-20-25)24(16-6-3-7-17-24)18-8-5-11-21-26/h2,8,18,22-23H,1,3-7,9-17,19-21H2. The van der Waals surface area contributed by atoms with Gasteiger partial charge in [0.1, 0.15) is 0 Å². The molecular formula is C25H41F. The molecular weight excluding hydrogens is 319 g/mol. The molecule has 0 radical (unpaired) electrons. The Morgan fingerprint density at radius 2 is 1.46 bits per heavy atom. The maximum absolute atomic E-state index is 12.6. The van der Waals surface area contributed by atoms with E-state index in [1.54, 1.807) is 0 Å². The van der Waals surface area contributed by atoms with E-state index in [0.717, 1.165) is 18.3 Å². The molecule has 3 saturated carbocycles. The molecule has 3 fully saturated rings. The van der Waals surface area contributed by atoms with Crippen molar-refractivity contribution in [3.05, 3.63) is 24.8 Å². The minimum Gasteiger partial charge on any atom is -0.251 e. The Labute approximate surface area is 161 Å². The van der Waals surface area contributed by atoms with E-state index >= 15 is 0 Å². The van der Waals surface area contributed by atoms with Crippen molar-refractivity contribution in [1.82, 2.24) is 0 Å². The van der Waals surface area contributed by atoms with Crippen LogP contribution in [-0.2, 0) is 0 Å². The number of rotatable bonds is 7. The maximum atomic E-state index is 12.6. The molecule has 3 aliphatic carbocycles. The lowest BCUT2D eigenvalue weighted by Crippen LogP contribution is -2.49. The third kappa shape index (κ3) is 4.12. The van der Waals surface area contributed by atoms with Crippen molar-refractivity contribution in [2.45, 2.75) is 103 Å². The van der Waals surface area contributed by atoms with Crippen LogP contribution in [-0.4, -0.2) is 6.67 Å². The Bertz CT molecular complexity index is 443. The van der Waals surface area contributed by atoms with Crippen molar-refractivity contribution in [2.75, 3.05) is 6.67 Å². The van der Waals surface area contributed by atoms with Gasteiger partial charge in [-0.25, -0.2) is 0 Å². The molecule has 0 nitrogen and oxygen atoms in total. The molecule has 0 aromatic heterocycles. The Morgan fingerprint density at radius 3 is 2.04 bits per heavy atom. The number of hydrogen-bond donors (Lipinski definition) is 0. The lowest BCUT2D eigenvalue weighted by Gasteiger charge is -2.59. The van der Waals surface area contributed by atoms with Crippen molar-refractivity contribution in [1.29, 1.82) is 0 Å². The van der Waals surface area contributed by atoms with Crippen LogP contribution in [0, 0.1) is 22.7 Å². The van der Waals surface area contributed by atoms with Gasteiger partial charge in [0.2, 0.25) is 0 Å². The average molecular weight is 361 g/mol. The highest BCUT2D eigenvalue weighted by Crippen LogP contribution is 2.63. The molecule has 3 aliphatic rings. The molecule has 0 aliphatic heterocycles. The normalized spacial score (nSPS) is 31.7. The van der Waals surface area contributed by atoms with E-state index in [1.165, 1.54) is 89.9 Å². The third-order valence-corrected chi connectivity index (χ3v) is 8.31. The maximum Gasteiger partial charge on any atom is 0.0897 e. The van der Waals surface area contributed by atoms with Crippen molar-refractivity contribution in [3.63, 3.8) is 0 Å². The summed E-state index contributed by atoms with van der Waals surface area (Å²) >= 11 is 0. The predicted octanol–water partition coefficient (Wildman–Crippen LogP) is 8.19. The number of alkyl halides is 1. The Morgan fingerprint density at radius 1 is 0.846 bits per heavy atom. The second-order valence-electron chi connectivity index (χ2n) is 9.51. The molecule has 0 heterocycles. The molecule has 0 atom stereocenters. The summed E-state index contributed by atoms with van der Waals surface area (Å²) < 4.78 is 12.6. The highest BCUT2D eigenvalue weighted by Gasteiger charge is 2.54. The van der Waals surface area contributed by atoms with Crippen LogP contribution in [0.2, 0.25) is 0 Å². The SMILES string of the molecule is C=CC1CCC(C2(C3(C=CCCCF)CCCCC3)CCCCC2)CC1. The van der Waals surface area contributed by atoms with E-state index in [9.17, 15) is 4.39 Å². The summed E-state index contributed by atoms with van der Waals surface area (Å²) in [6, 6.07) is 0. The van der Waals surface area contributed by atoms with Gasteiger partial charge in [-0.1, -0.05) is 56.8 Å². The number of unbranched alkanes of at least 4 members (excludes halogenated alkanes) is 1. The molecule has 3 rings (SSSR count). The van der Waals surface area contributed by atoms with Gasteiger partial charge in [-0.05, 0) is 86.9 Å². The van der Waals surface area contributed by atoms with Gasteiger partial charge in [0.05, 0.1) is 6.67 Å². The quantitative estimate of drug-likeness (QED) is 0.317. The van der Waals surface area contributed by atoms with Crippen LogP contribution >= 0.6 is 0 Å². The lowest BCUT2D eigenvalue weighted by atomic mass is 9.46. The number of allylic oxidation sites excluding steroid dienone is 3. The first-order valence-corrected chi connectivity index (χ1v) is 11.6. The molecule has 148 valence electrons. The topological polar surface area (TPSA) is 0 Å². The Hall–Kier alpha value is -0.590. The monoisotopic (exact) mass is 360 g/mol. The molecule has 0 unspecified atom stereocenters. The average Bonchev–Trinajstić information content (AvgIpc) is 2.72. The zero-order valence-electron chi connectivity index (χ0n) is 17.0. The van der Waals surface area contributed by atoms with Gasteiger partial charge in [0, 0.05) is 0 Å². The van der Waals surface area contributed by atoms with Crippen LogP contribution in [0.4, 0.5) is 4.39 Å². The van der Waals surface area contributed by atoms with E-state index in [4.69, 9.17) is 0 Å². The van der Waals surface area contributed by atoms with Gasteiger partial charge >= 0.3 is 0 Å². The van der Waals surface area contributed by atoms with Gasteiger partial charge in [-0.2, -0.15) is 0 Å². The molecule has 0 aromatic rings. The molecule has 0 aromatic carbocycles. The van der Waals surface area contributed by atoms with E-state index in [1.807, 2.05) is 0 Å². The fourth-order valence-electron chi connectivity index (χ4n) is 6.92. The summed E-state index contributed by atoms with van der Waals surface area (Å²) in [4.78, 5) is 0. The van der Waals surface area contributed by atoms with Crippen LogP contribution in [0.25, 0.3) is 0 Å². The van der Waals surface area contributed by atoms with Gasteiger partial charge in [0.15, 0.2) is 0 Å². The smallest absolute Gasteiger partial charge is 0.0897 e. The summed E-state index contributed by atoms with van der Waals surface area (Å²) in [5.74, 6) is 1.66. The van der Waals surface area contributed by atoms with E-state index in [-0.39, 0.29) is 6.67 Å². The van der Waals surface area contributed by atoms with E-state index < -0.39 is 0 Å². The van der Waals surface area contributed by atoms with Crippen molar-refractivity contribution in [2.24, 2.45) is 22.7 Å². The van der Waals surface area contributed by atoms with Crippen LogP contribution < -0.4 is 0 Å². The highest BCUT2D eigenvalue weighted by molar-refractivity contribution is 5.14. The zero-order chi connectivity index (χ0) is 18.3. The highest BCUT2D eigenvalue weighted by atomic mass is 19.1. The largest absolute Gasteiger partial charge is 0.251 e. The third-order valence-electron chi connectivity index (χ3n) is 8.31. The van der Waals surface area contributed by atoms with Gasteiger partial charge in [-0.3, -0.25) is 4.39 Å². The first-order valence-electron chi connectivity index (χ1n) is 11.6. The zero-order valence-corrected chi connectivity index (χ0v) is 17.0. The number of halogens is 1. The second-order valence-corrected chi connectivity index (χ2v) is 9.51. The molecule has 0 saturated heterocycles. The minimum absolute atomic E-state index is 0.173. The van der Waals surface area contributed by atoms with Crippen LogP contribution in [0.5, 0.6) is 0 Å². The van der Waals surface area contributed by atoms with Crippen LogP contribution in [0.1, 0.15) is 103 Å². The summed E-state index contributed by atoms with van der Waals surface area (Å²) in [5, 5.41) is 0. The first kappa shape index (κ1) is 20.2.